The molecule has 3 atom stereocenters. The van der Waals surface area contributed by atoms with E-state index in [1.807, 2.05) is 30.3 Å². The van der Waals surface area contributed by atoms with Crippen molar-refractivity contribution in [3.05, 3.63) is 48.5 Å². The predicted molar refractivity (Wildman–Crippen MR) is 135 cm³/mol. The molecule has 2 saturated heterocycles. The molecule has 0 amide bonds. The molecule has 2 aliphatic rings. The summed E-state index contributed by atoms with van der Waals surface area (Å²) in [6, 6.07) is 11.5. The van der Waals surface area contributed by atoms with Gasteiger partial charge >= 0.3 is 5.51 Å². The highest BCUT2D eigenvalue weighted by molar-refractivity contribution is 7.99. The molecule has 0 spiro atoms. The third-order valence-corrected chi connectivity index (χ3v) is 9.95. The zero-order valence-corrected chi connectivity index (χ0v) is 22.2. The second-order valence-corrected chi connectivity index (χ2v) is 13.7. The van der Waals surface area contributed by atoms with E-state index in [-0.39, 0.29) is 17.9 Å². The molecule has 0 aromatic heterocycles. The van der Waals surface area contributed by atoms with Gasteiger partial charge in [-0.1, -0.05) is 18.2 Å². The van der Waals surface area contributed by atoms with Crippen molar-refractivity contribution in [3.63, 3.8) is 0 Å². The second kappa shape index (κ2) is 11.1. The van der Waals surface area contributed by atoms with Gasteiger partial charge in [-0.25, -0.2) is 22.0 Å². The van der Waals surface area contributed by atoms with Gasteiger partial charge in [0, 0.05) is 36.3 Å². The molecule has 0 saturated carbocycles. The van der Waals surface area contributed by atoms with Crippen molar-refractivity contribution in [3.8, 4) is 0 Å². The normalized spacial score (nSPS) is 21.6. The van der Waals surface area contributed by atoms with Crippen LogP contribution in [0.15, 0.2) is 63.2 Å². The number of fused-ring (bicyclic) bond motifs is 2. The molecule has 0 aliphatic carbocycles. The van der Waals surface area contributed by atoms with Crippen LogP contribution in [0.4, 0.5) is 18.9 Å². The van der Waals surface area contributed by atoms with Crippen molar-refractivity contribution in [1.29, 1.82) is 0 Å². The molecule has 2 aromatic rings. The number of anilines is 1. The van der Waals surface area contributed by atoms with Crippen molar-refractivity contribution < 1.29 is 34.7 Å². The van der Waals surface area contributed by atoms with Gasteiger partial charge < -0.3 is 10.1 Å². The average molecular weight is 580 g/mol. The lowest BCUT2D eigenvalue weighted by molar-refractivity contribution is -0.0435. The van der Waals surface area contributed by atoms with Gasteiger partial charge in [0.1, 0.15) is 4.90 Å². The van der Waals surface area contributed by atoms with Gasteiger partial charge in [-0.15, -0.1) is 11.8 Å². The highest BCUT2D eigenvalue weighted by Crippen LogP contribution is 2.36. The van der Waals surface area contributed by atoms with Crippen molar-refractivity contribution in [2.45, 2.75) is 57.7 Å². The fourth-order valence-electron chi connectivity index (χ4n) is 4.50. The number of nitrogens with zero attached hydrogens (tertiary/aromatic N) is 1. The Morgan fingerprint density at radius 1 is 1.05 bits per heavy atom. The first-order valence-corrected chi connectivity index (χ1v) is 15.6. The Balaban J connectivity index is 1.60. The lowest BCUT2D eigenvalue weighted by Crippen LogP contribution is -2.44. The standard InChI is InChI=1S/C23H28F3N3O5S3/c24-23(25,26)36(30,31)22-12-20(37(27,32)33)8-9-21(22)28-16(15-35-19-4-2-1-3-5-19)10-11-29-13-17-6-7-18(14-29)34-17/h1-5,8-9,12,16-18,28H,6-7,10-11,13-15H2,(H2,27,32,33)/t16-,17?,18?/m1/s1. The maximum atomic E-state index is 13.5. The summed E-state index contributed by atoms with van der Waals surface area (Å²) in [5, 5.41) is 8.01. The van der Waals surface area contributed by atoms with Gasteiger partial charge in [0.2, 0.25) is 10.0 Å². The lowest BCUT2D eigenvalue weighted by atomic mass is 10.2. The lowest BCUT2D eigenvalue weighted by Gasteiger charge is -2.33. The summed E-state index contributed by atoms with van der Waals surface area (Å²) in [6.07, 6.45) is 2.88. The third kappa shape index (κ3) is 6.98. The molecule has 37 heavy (non-hydrogen) atoms. The molecule has 2 aromatic carbocycles. The van der Waals surface area contributed by atoms with E-state index >= 15 is 0 Å². The number of primary sulfonamides is 1. The van der Waals surface area contributed by atoms with Crippen LogP contribution in [0.1, 0.15) is 19.3 Å². The van der Waals surface area contributed by atoms with E-state index in [1.165, 1.54) is 11.8 Å². The van der Waals surface area contributed by atoms with Gasteiger partial charge in [0.05, 0.1) is 22.8 Å². The first kappa shape index (κ1) is 28.2. The summed E-state index contributed by atoms with van der Waals surface area (Å²) in [5.41, 5.74) is -5.95. The van der Waals surface area contributed by atoms with Crippen molar-refractivity contribution in [1.82, 2.24) is 4.90 Å². The average Bonchev–Trinajstić information content (AvgIpc) is 3.17. The maximum absolute atomic E-state index is 13.5. The minimum Gasteiger partial charge on any atom is -0.380 e. The van der Waals surface area contributed by atoms with Crippen LogP contribution >= 0.6 is 11.8 Å². The van der Waals surface area contributed by atoms with E-state index in [1.54, 1.807) is 0 Å². The van der Waals surface area contributed by atoms with Crippen LogP contribution in [0.2, 0.25) is 0 Å². The topological polar surface area (TPSA) is 119 Å². The van der Waals surface area contributed by atoms with Crippen molar-refractivity contribution in [2.75, 3.05) is 30.7 Å². The Morgan fingerprint density at radius 3 is 2.30 bits per heavy atom. The Hall–Kier alpha value is -1.84. The number of hydrogen-bond donors (Lipinski definition) is 2. The summed E-state index contributed by atoms with van der Waals surface area (Å²) in [5.74, 6) is 0.434. The number of morpholine rings is 1. The van der Waals surface area contributed by atoms with Gasteiger partial charge in [0.15, 0.2) is 0 Å². The van der Waals surface area contributed by atoms with E-state index in [0.717, 1.165) is 43.0 Å². The van der Waals surface area contributed by atoms with E-state index in [0.29, 0.717) is 24.8 Å². The van der Waals surface area contributed by atoms with Crippen LogP contribution in [0, 0.1) is 0 Å². The number of ether oxygens (including phenoxy) is 1. The first-order valence-electron chi connectivity index (χ1n) is 11.6. The Morgan fingerprint density at radius 2 is 1.70 bits per heavy atom. The van der Waals surface area contributed by atoms with Crippen LogP contribution in [-0.2, 0) is 24.6 Å². The smallest absolute Gasteiger partial charge is 0.380 e. The molecule has 8 nitrogen and oxygen atoms in total. The van der Waals surface area contributed by atoms with E-state index in [4.69, 9.17) is 9.88 Å². The number of sulfone groups is 1. The zero-order valence-electron chi connectivity index (χ0n) is 19.7. The number of nitrogens with one attached hydrogen (secondary N) is 1. The zero-order chi connectivity index (χ0) is 26.8. The van der Waals surface area contributed by atoms with Gasteiger partial charge in [-0.3, -0.25) is 4.90 Å². The van der Waals surface area contributed by atoms with Crippen LogP contribution in [0.5, 0.6) is 0 Å². The second-order valence-electron chi connectivity index (χ2n) is 9.12. The number of alkyl halides is 3. The molecule has 2 bridgehead atoms. The number of nitrogens with two attached hydrogens (primary N) is 1. The van der Waals surface area contributed by atoms with Crippen molar-refractivity contribution in [2.24, 2.45) is 5.14 Å². The fourth-order valence-corrected chi connectivity index (χ4v) is 7.05. The Bertz CT molecular complexity index is 1300. The summed E-state index contributed by atoms with van der Waals surface area (Å²) in [7, 11) is -10.3. The monoisotopic (exact) mass is 579 g/mol. The van der Waals surface area contributed by atoms with E-state index in [9.17, 15) is 30.0 Å². The number of thioether (sulfide) groups is 1. The summed E-state index contributed by atoms with van der Waals surface area (Å²) >= 11 is 1.48. The predicted octanol–water partition coefficient (Wildman–Crippen LogP) is 3.45. The van der Waals surface area contributed by atoms with Crippen LogP contribution < -0.4 is 10.5 Å². The molecule has 2 heterocycles. The molecular weight excluding hydrogens is 551 g/mol. The number of likely N-dealkylation sites (tertiary alicyclic amines) is 1. The van der Waals surface area contributed by atoms with Gasteiger partial charge in [0.25, 0.3) is 9.84 Å². The molecule has 0 radical (unpaired) electrons. The SMILES string of the molecule is NS(=O)(=O)c1ccc(N[C@H](CCN2CC3CCC(C2)O3)CSc2ccccc2)c(S(=O)(=O)C(F)(F)F)c1. The molecule has 3 N–H and O–H groups in total. The minimum absolute atomic E-state index is 0.179. The van der Waals surface area contributed by atoms with Gasteiger partial charge in [-0.2, -0.15) is 13.2 Å². The van der Waals surface area contributed by atoms with Crippen molar-refractivity contribution >= 4 is 37.3 Å². The minimum atomic E-state index is -5.86. The molecule has 2 unspecified atom stereocenters. The fraction of sp³-hybridized carbons (Fsp3) is 0.478. The highest BCUT2D eigenvalue weighted by atomic mass is 32.2. The number of rotatable bonds is 10. The number of benzene rings is 2. The Kier molecular flexibility index (Phi) is 8.46. The maximum Gasteiger partial charge on any atom is 0.501 e. The summed E-state index contributed by atoms with van der Waals surface area (Å²) in [4.78, 5) is 1.31. The Labute approximate surface area is 218 Å². The number of hydrogen-bond acceptors (Lipinski definition) is 8. The largest absolute Gasteiger partial charge is 0.501 e. The van der Waals surface area contributed by atoms with Crippen LogP contribution in [-0.4, -0.2) is 70.9 Å². The first-order chi connectivity index (χ1) is 17.3. The van der Waals surface area contributed by atoms with Crippen LogP contribution in [0.3, 0.4) is 0 Å². The summed E-state index contributed by atoms with van der Waals surface area (Å²) in [6.45, 7) is 2.18. The third-order valence-electron chi connectivity index (χ3n) is 6.34. The number of sulfonamides is 1. The molecule has 4 rings (SSSR count). The quantitative estimate of drug-likeness (QED) is 0.411. The molecule has 2 aliphatic heterocycles. The van der Waals surface area contributed by atoms with Gasteiger partial charge in [-0.05, 0) is 49.6 Å². The molecular formula is C23H28F3N3O5S3. The van der Waals surface area contributed by atoms with E-state index < -0.39 is 41.2 Å². The van der Waals surface area contributed by atoms with Crippen LogP contribution in [0.25, 0.3) is 0 Å². The molecule has 14 heteroatoms. The highest BCUT2D eigenvalue weighted by Gasteiger charge is 2.48. The summed E-state index contributed by atoms with van der Waals surface area (Å²) < 4.78 is 94.6. The number of halogens is 3. The molecule has 2 fully saturated rings. The van der Waals surface area contributed by atoms with E-state index in [2.05, 4.69) is 10.2 Å². The molecule has 204 valence electrons.